The molecule has 1 fully saturated rings. The third-order valence-electron chi connectivity index (χ3n) is 3.57. The van der Waals surface area contributed by atoms with E-state index in [1.54, 1.807) is 12.1 Å². The smallest absolute Gasteiger partial charge is 0.242 e. The first kappa shape index (κ1) is 14.5. The Kier molecular flexibility index (Phi) is 4.41. The topological polar surface area (TPSA) is 62.1 Å². The Bertz CT molecular complexity index is 505. The molecule has 2 rings (SSSR count). The van der Waals surface area contributed by atoms with Crippen molar-refractivity contribution in [2.24, 2.45) is 0 Å². The van der Waals surface area contributed by atoms with Crippen LogP contribution in [-0.2, 0) is 9.53 Å². The van der Waals surface area contributed by atoms with E-state index < -0.39 is 5.92 Å². The van der Waals surface area contributed by atoms with Crippen LogP contribution in [0.15, 0.2) is 30.3 Å². The van der Waals surface area contributed by atoms with Crippen LogP contribution in [0, 0.1) is 11.3 Å². The van der Waals surface area contributed by atoms with Crippen LogP contribution in [0.1, 0.15) is 38.2 Å². The fourth-order valence-corrected chi connectivity index (χ4v) is 2.57. The van der Waals surface area contributed by atoms with Gasteiger partial charge in [0, 0.05) is 12.6 Å². The Morgan fingerprint density at radius 3 is 2.75 bits per heavy atom. The maximum Gasteiger partial charge on any atom is 0.242 e. The predicted molar refractivity (Wildman–Crippen MR) is 76.0 cm³/mol. The minimum atomic E-state index is -0.748. The Labute approximate surface area is 119 Å². The van der Waals surface area contributed by atoms with Gasteiger partial charge in [-0.3, -0.25) is 4.79 Å². The third kappa shape index (κ3) is 3.58. The number of benzene rings is 1. The zero-order valence-electron chi connectivity index (χ0n) is 11.9. The normalized spacial score (nSPS) is 22.6. The summed E-state index contributed by atoms with van der Waals surface area (Å²) in [5.41, 5.74) is 0.518. The maximum atomic E-state index is 12.3. The van der Waals surface area contributed by atoms with Crippen molar-refractivity contribution in [2.75, 3.05) is 6.61 Å². The molecule has 1 aliphatic rings. The minimum Gasteiger partial charge on any atom is -0.375 e. The molecule has 1 aromatic rings. The van der Waals surface area contributed by atoms with Crippen LogP contribution < -0.4 is 5.32 Å². The maximum absolute atomic E-state index is 12.3. The number of nitrogens with zero attached hydrogens (tertiary/aromatic N) is 1. The predicted octanol–water partition coefficient (Wildman–Crippen LogP) is 2.37. The third-order valence-corrected chi connectivity index (χ3v) is 3.57. The van der Waals surface area contributed by atoms with E-state index >= 15 is 0 Å². The molecule has 4 nitrogen and oxygen atoms in total. The average Bonchev–Trinajstić information content (AvgIpc) is 2.39. The van der Waals surface area contributed by atoms with Gasteiger partial charge in [-0.15, -0.1) is 0 Å². The largest absolute Gasteiger partial charge is 0.375 e. The van der Waals surface area contributed by atoms with E-state index in [9.17, 15) is 10.1 Å². The standard InChI is InChI=1S/C16H20N2O2/c1-16(2)10-13(8-9-20-16)18-15(19)14(11-17)12-6-4-3-5-7-12/h3-7,13-14H,8-10H2,1-2H3,(H,18,19). The summed E-state index contributed by atoms with van der Waals surface area (Å²) in [6.45, 7) is 4.68. The van der Waals surface area contributed by atoms with Crippen LogP contribution in [0.4, 0.5) is 0 Å². The number of nitrogens with one attached hydrogen (secondary N) is 1. The molecule has 1 amide bonds. The fraction of sp³-hybridized carbons (Fsp3) is 0.500. The van der Waals surface area contributed by atoms with Crippen LogP contribution >= 0.6 is 0 Å². The van der Waals surface area contributed by atoms with Crippen molar-refractivity contribution >= 4 is 5.91 Å². The van der Waals surface area contributed by atoms with Crippen LogP contribution in [0.3, 0.4) is 0 Å². The molecule has 1 saturated heterocycles. The van der Waals surface area contributed by atoms with Crippen LogP contribution in [0.2, 0.25) is 0 Å². The van der Waals surface area contributed by atoms with Gasteiger partial charge in [-0.1, -0.05) is 30.3 Å². The second-order valence-electron chi connectivity index (χ2n) is 5.78. The molecular weight excluding hydrogens is 252 g/mol. The highest BCUT2D eigenvalue weighted by molar-refractivity contribution is 5.86. The van der Waals surface area contributed by atoms with E-state index in [0.29, 0.717) is 6.61 Å². The zero-order valence-corrected chi connectivity index (χ0v) is 11.9. The van der Waals surface area contributed by atoms with Gasteiger partial charge in [0.15, 0.2) is 0 Å². The van der Waals surface area contributed by atoms with Gasteiger partial charge < -0.3 is 10.1 Å². The Morgan fingerprint density at radius 2 is 2.15 bits per heavy atom. The highest BCUT2D eigenvalue weighted by atomic mass is 16.5. The second-order valence-corrected chi connectivity index (χ2v) is 5.78. The molecule has 0 aromatic heterocycles. The molecule has 1 heterocycles. The quantitative estimate of drug-likeness (QED) is 0.918. The number of carbonyl (C=O) groups excluding carboxylic acids is 1. The van der Waals surface area contributed by atoms with Gasteiger partial charge in [-0.25, -0.2) is 0 Å². The summed E-state index contributed by atoms with van der Waals surface area (Å²) in [6, 6.07) is 11.3. The molecule has 2 unspecified atom stereocenters. The first-order chi connectivity index (χ1) is 9.52. The monoisotopic (exact) mass is 272 g/mol. The van der Waals surface area contributed by atoms with Gasteiger partial charge in [0.05, 0.1) is 11.7 Å². The van der Waals surface area contributed by atoms with Crippen molar-refractivity contribution in [3.05, 3.63) is 35.9 Å². The summed E-state index contributed by atoms with van der Waals surface area (Å²) in [4.78, 5) is 12.3. The average molecular weight is 272 g/mol. The molecule has 0 bridgehead atoms. The summed E-state index contributed by atoms with van der Waals surface area (Å²) in [7, 11) is 0. The summed E-state index contributed by atoms with van der Waals surface area (Å²) in [5.74, 6) is -0.969. The van der Waals surface area contributed by atoms with Gasteiger partial charge in [-0.05, 0) is 32.3 Å². The number of ether oxygens (including phenoxy) is 1. The summed E-state index contributed by atoms with van der Waals surface area (Å²) in [6.07, 6.45) is 1.56. The van der Waals surface area contributed by atoms with E-state index in [1.807, 2.05) is 32.0 Å². The van der Waals surface area contributed by atoms with Gasteiger partial charge in [-0.2, -0.15) is 5.26 Å². The van der Waals surface area contributed by atoms with Gasteiger partial charge in [0.2, 0.25) is 5.91 Å². The lowest BCUT2D eigenvalue weighted by molar-refractivity contribution is -0.124. The number of hydrogen-bond donors (Lipinski definition) is 1. The molecular formula is C16H20N2O2. The van der Waals surface area contributed by atoms with E-state index in [1.165, 1.54) is 0 Å². The molecule has 106 valence electrons. The number of nitriles is 1. The summed E-state index contributed by atoms with van der Waals surface area (Å²) in [5, 5.41) is 12.2. The lowest BCUT2D eigenvalue weighted by Crippen LogP contribution is -2.46. The molecule has 0 spiro atoms. The van der Waals surface area contributed by atoms with E-state index in [0.717, 1.165) is 18.4 Å². The van der Waals surface area contributed by atoms with Crippen molar-refractivity contribution in [3.63, 3.8) is 0 Å². The number of rotatable bonds is 3. The lowest BCUT2D eigenvalue weighted by Gasteiger charge is -2.36. The molecule has 4 heteroatoms. The lowest BCUT2D eigenvalue weighted by atomic mass is 9.92. The Morgan fingerprint density at radius 1 is 1.45 bits per heavy atom. The van der Waals surface area contributed by atoms with Gasteiger partial charge in [0.1, 0.15) is 5.92 Å². The van der Waals surface area contributed by atoms with Gasteiger partial charge >= 0.3 is 0 Å². The van der Waals surface area contributed by atoms with Crippen molar-refractivity contribution in [2.45, 2.75) is 44.2 Å². The molecule has 1 aliphatic heterocycles. The molecule has 2 atom stereocenters. The van der Waals surface area contributed by atoms with Crippen LogP contribution in [0.5, 0.6) is 0 Å². The first-order valence-electron chi connectivity index (χ1n) is 6.91. The number of hydrogen-bond acceptors (Lipinski definition) is 3. The zero-order chi connectivity index (χ0) is 14.6. The van der Waals surface area contributed by atoms with Crippen LogP contribution in [0.25, 0.3) is 0 Å². The number of carbonyl (C=O) groups is 1. The minimum absolute atomic E-state index is 0.0748. The van der Waals surface area contributed by atoms with E-state index in [4.69, 9.17) is 4.74 Å². The van der Waals surface area contributed by atoms with E-state index in [2.05, 4.69) is 11.4 Å². The summed E-state index contributed by atoms with van der Waals surface area (Å²) < 4.78 is 5.63. The number of amides is 1. The van der Waals surface area contributed by atoms with Crippen molar-refractivity contribution in [1.82, 2.24) is 5.32 Å². The highest BCUT2D eigenvalue weighted by Gasteiger charge is 2.31. The molecule has 1 N–H and O–H groups in total. The molecule has 0 radical (unpaired) electrons. The van der Waals surface area contributed by atoms with Crippen molar-refractivity contribution in [3.8, 4) is 6.07 Å². The SMILES string of the molecule is CC1(C)CC(NC(=O)C(C#N)c2ccccc2)CCO1. The second kappa shape index (κ2) is 6.06. The van der Waals surface area contributed by atoms with E-state index in [-0.39, 0.29) is 17.6 Å². The first-order valence-corrected chi connectivity index (χ1v) is 6.91. The molecule has 0 saturated carbocycles. The van der Waals surface area contributed by atoms with Gasteiger partial charge in [0.25, 0.3) is 0 Å². The fourth-order valence-electron chi connectivity index (χ4n) is 2.57. The van der Waals surface area contributed by atoms with Crippen LogP contribution in [-0.4, -0.2) is 24.2 Å². The Hall–Kier alpha value is -1.86. The van der Waals surface area contributed by atoms with Crippen molar-refractivity contribution < 1.29 is 9.53 Å². The molecule has 1 aromatic carbocycles. The highest BCUT2D eigenvalue weighted by Crippen LogP contribution is 2.24. The molecule has 0 aliphatic carbocycles. The Balaban J connectivity index is 2.02. The summed E-state index contributed by atoms with van der Waals surface area (Å²) >= 11 is 0. The molecule has 20 heavy (non-hydrogen) atoms. The van der Waals surface area contributed by atoms with Crippen molar-refractivity contribution in [1.29, 1.82) is 5.26 Å².